The monoisotopic (exact) mass is 555 g/mol. The molecule has 5 atom stereocenters. The first-order valence-electron chi connectivity index (χ1n) is 16.2. The fraction of sp³-hybridized carbons (Fsp3) is 0.906. The molecule has 0 saturated carbocycles. The summed E-state index contributed by atoms with van der Waals surface area (Å²) >= 11 is 0. The number of nitrogens with one attached hydrogen (secondary N) is 1. The molecular weight excluding hydrogens is 494 g/mol. The van der Waals surface area contributed by atoms with Gasteiger partial charge in [0.15, 0.2) is 6.29 Å². The quantitative estimate of drug-likeness (QED) is 0.0775. The van der Waals surface area contributed by atoms with Gasteiger partial charge in [-0.15, -0.1) is 0 Å². The van der Waals surface area contributed by atoms with Gasteiger partial charge in [-0.2, -0.15) is 0 Å². The van der Waals surface area contributed by atoms with Gasteiger partial charge in [0.1, 0.15) is 24.4 Å². The van der Waals surface area contributed by atoms with Gasteiger partial charge in [-0.1, -0.05) is 109 Å². The van der Waals surface area contributed by atoms with Crippen molar-refractivity contribution < 1.29 is 29.6 Å². The number of rotatable bonds is 25. The number of carbonyl (C=O) groups is 1. The van der Waals surface area contributed by atoms with Gasteiger partial charge in [0.25, 0.3) is 0 Å². The third kappa shape index (κ3) is 17.4. The minimum Gasteiger partial charge on any atom is -0.394 e. The van der Waals surface area contributed by atoms with E-state index in [9.17, 15) is 20.1 Å². The molecule has 7 nitrogen and oxygen atoms in total. The third-order valence-electron chi connectivity index (χ3n) is 7.65. The number of carbonyl (C=O) groups excluding carboxylic acids is 1. The first-order valence-corrected chi connectivity index (χ1v) is 16.2. The predicted octanol–water partition coefficient (Wildman–Crippen LogP) is 6.32. The summed E-state index contributed by atoms with van der Waals surface area (Å²) in [7, 11) is 0. The Morgan fingerprint density at radius 3 is 1.82 bits per heavy atom. The molecule has 1 saturated heterocycles. The zero-order valence-electron chi connectivity index (χ0n) is 25.2. The molecule has 0 aromatic rings. The molecule has 0 radical (unpaired) electrons. The van der Waals surface area contributed by atoms with Crippen LogP contribution in [-0.4, -0.2) is 65.1 Å². The van der Waals surface area contributed by atoms with Crippen LogP contribution in [0.25, 0.3) is 0 Å². The Hall–Kier alpha value is -0.990. The van der Waals surface area contributed by atoms with Crippen LogP contribution in [0.5, 0.6) is 0 Å². The zero-order chi connectivity index (χ0) is 28.6. The molecule has 1 rings (SSSR count). The molecule has 1 aliphatic rings. The summed E-state index contributed by atoms with van der Waals surface area (Å²) in [6.07, 6.45) is 23.0. The minimum atomic E-state index is -1.28. The van der Waals surface area contributed by atoms with Crippen molar-refractivity contribution in [2.24, 2.45) is 0 Å². The lowest BCUT2D eigenvalue weighted by Crippen LogP contribution is -2.64. The Balaban J connectivity index is 2.21. The van der Waals surface area contributed by atoms with Gasteiger partial charge < -0.3 is 30.1 Å². The molecule has 1 fully saturated rings. The molecular formula is C32H61NO6. The Bertz CT molecular complexity index is 601. The van der Waals surface area contributed by atoms with E-state index in [2.05, 4.69) is 31.3 Å². The van der Waals surface area contributed by atoms with Crippen molar-refractivity contribution in [3.8, 4) is 0 Å². The number of ether oxygens (including phenoxy) is 2. The van der Waals surface area contributed by atoms with Gasteiger partial charge in [0.05, 0.1) is 6.61 Å². The zero-order valence-corrected chi connectivity index (χ0v) is 25.2. The normalized spacial score (nSPS) is 23.5. The molecule has 0 aromatic heterocycles. The maximum absolute atomic E-state index is 12.6. The highest BCUT2D eigenvalue weighted by atomic mass is 16.7. The highest BCUT2D eigenvalue weighted by molar-refractivity contribution is 5.76. The molecule has 230 valence electrons. The first kappa shape index (κ1) is 36.0. The summed E-state index contributed by atoms with van der Waals surface area (Å²) in [6.45, 7) is 4.46. The largest absolute Gasteiger partial charge is 0.394 e. The number of amides is 1. The van der Waals surface area contributed by atoms with Crippen LogP contribution in [0.15, 0.2) is 12.2 Å². The van der Waals surface area contributed by atoms with Crippen molar-refractivity contribution >= 4 is 5.91 Å². The van der Waals surface area contributed by atoms with E-state index in [1.807, 2.05) is 0 Å². The van der Waals surface area contributed by atoms with E-state index < -0.39 is 37.3 Å². The van der Waals surface area contributed by atoms with Gasteiger partial charge in [-0.25, -0.2) is 0 Å². The Morgan fingerprint density at radius 1 is 0.744 bits per heavy atom. The Labute approximate surface area is 239 Å². The average Bonchev–Trinajstić information content (AvgIpc) is 2.93. The average molecular weight is 556 g/mol. The summed E-state index contributed by atoms with van der Waals surface area (Å²) < 4.78 is 11.6. The molecule has 1 amide bonds. The first-order chi connectivity index (χ1) is 19.0. The molecule has 0 aromatic carbocycles. The molecule has 0 bridgehead atoms. The van der Waals surface area contributed by atoms with E-state index in [1.54, 1.807) is 0 Å². The lowest BCUT2D eigenvalue weighted by atomic mass is 9.96. The fourth-order valence-corrected chi connectivity index (χ4v) is 5.07. The van der Waals surface area contributed by atoms with Crippen LogP contribution in [0.4, 0.5) is 0 Å². The molecule has 1 heterocycles. The number of aliphatic hydroxyl groups excluding tert-OH is 3. The Kier molecular flexibility index (Phi) is 22.9. The van der Waals surface area contributed by atoms with Crippen molar-refractivity contribution in [3.05, 3.63) is 12.2 Å². The molecule has 0 aliphatic carbocycles. The number of allylic oxidation sites excluding steroid dienone is 2. The topological polar surface area (TPSA) is 108 Å². The summed E-state index contributed by atoms with van der Waals surface area (Å²) in [6, 6.07) is -0.862. The second-order valence-corrected chi connectivity index (χ2v) is 11.3. The highest BCUT2D eigenvalue weighted by Gasteiger charge is 2.45. The van der Waals surface area contributed by atoms with Crippen LogP contribution >= 0.6 is 0 Å². The SMILES string of the molecule is CCCCCCCC/C=C\CCCCCCCC(=O)N[C@H]1[C@@H](OCCCCCCCC)O[C@H](CO)[C@@H](O)[C@@H]1O. The third-order valence-corrected chi connectivity index (χ3v) is 7.65. The van der Waals surface area contributed by atoms with Crippen LogP contribution in [-0.2, 0) is 14.3 Å². The molecule has 4 N–H and O–H groups in total. The van der Waals surface area contributed by atoms with Crippen LogP contribution in [0.2, 0.25) is 0 Å². The molecule has 39 heavy (non-hydrogen) atoms. The maximum atomic E-state index is 12.6. The van der Waals surface area contributed by atoms with Gasteiger partial charge in [-0.3, -0.25) is 4.79 Å². The molecule has 0 unspecified atom stereocenters. The standard InChI is InChI=1S/C32H61NO6/c1-3-5-7-9-11-12-13-14-15-16-17-18-19-20-22-24-28(35)33-29-31(37)30(36)27(26-34)39-32(29)38-25-23-21-10-8-6-4-2/h14-15,27,29-32,34,36-37H,3-13,16-26H2,1-2H3,(H,33,35)/b15-14-/t27-,29-,30-,31-,32+/m1/s1. The summed E-state index contributed by atoms with van der Waals surface area (Å²) in [5.74, 6) is -0.178. The lowest BCUT2D eigenvalue weighted by molar-refractivity contribution is -0.270. The Morgan fingerprint density at radius 2 is 1.26 bits per heavy atom. The highest BCUT2D eigenvalue weighted by Crippen LogP contribution is 2.23. The van der Waals surface area contributed by atoms with Crippen LogP contribution < -0.4 is 5.32 Å². The van der Waals surface area contributed by atoms with Gasteiger partial charge in [0, 0.05) is 13.0 Å². The minimum absolute atomic E-state index is 0.178. The maximum Gasteiger partial charge on any atom is 0.220 e. The number of hydrogen-bond acceptors (Lipinski definition) is 6. The van der Waals surface area contributed by atoms with Crippen molar-refractivity contribution in [3.63, 3.8) is 0 Å². The molecule has 1 aliphatic heterocycles. The van der Waals surface area contributed by atoms with E-state index in [-0.39, 0.29) is 5.91 Å². The van der Waals surface area contributed by atoms with Crippen molar-refractivity contribution in [1.82, 2.24) is 5.32 Å². The molecule has 7 heteroatoms. The van der Waals surface area contributed by atoms with Crippen molar-refractivity contribution in [2.75, 3.05) is 13.2 Å². The summed E-state index contributed by atoms with van der Waals surface area (Å²) in [5.41, 5.74) is 0. The van der Waals surface area contributed by atoms with E-state index in [0.717, 1.165) is 44.9 Å². The second-order valence-electron chi connectivity index (χ2n) is 11.3. The fourth-order valence-electron chi connectivity index (χ4n) is 5.07. The second kappa shape index (κ2) is 24.8. The van der Waals surface area contributed by atoms with Crippen molar-refractivity contribution in [2.45, 2.75) is 173 Å². The van der Waals surface area contributed by atoms with E-state index >= 15 is 0 Å². The van der Waals surface area contributed by atoms with Crippen LogP contribution in [0.1, 0.15) is 142 Å². The number of hydrogen-bond donors (Lipinski definition) is 4. The summed E-state index contributed by atoms with van der Waals surface area (Å²) in [4.78, 5) is 12.6. The van der Waals surface area contributed by atoms with Crippen LogP contribution in [0.3, 0.4) is 0 Å². The molecule has 0 spiro atoms. The van der Waals surface area contributed by atoms with E-state index in [0.29, 0.717) is 13.0 Å². The van der Waals surface area contributed by atoms with Crippen molar-refractivity contribution in [1.29, 1.82) is 0 Å². The van der Waals surface area contributed by atoms with E-state index in [4.69, 9.17) is 9.47 Å². The number of unbranched alkanes of at least 4 members (excludes halogenated alkanes) is 16. The smallest absolute Gasteiger partial charge is 0.220 e. The summed E-state index contributed by atoms with van der Waals surface area (Å²) in [5, 5.41) is 33.3. The van der Waals surface area contributed by atoms with Gasteiger partial charge >= 0.3 is 0 Å². The van der Waals surface area contributed by atoms with Gasteiger partial charge in [-0.05, 0) is 38.5 Å². The lowest BCUT2D eigenvalue weighted by Gasteiger charge is -2.42. The predicted molar refractivity (Wildman–Crippen MR) is 158 cm³/mol. The van der Waals surface area contributed by atoms with Crippen LogP contribution in [0, 0.1) is 0 Å². The van der Waals surface area contributed by atoms with E-state index in [1.165, 1.54) is 77.0 Å². The number of aliphatic hydroxyl groups is 3. The van der Waals surface area contributed by atoms with Gasteiger partial charge in [0.2, 0.25) is 5.91 Å².